The van der Waals surface area contributed by atoms with Crippen LogP contribution in [-0.4, -0.2) is 20.2 Å². The van der Waals surface area contributed by atoms with Crippen molar-refractivity contribution in [1.29, 1.82) is 0 Å². The molecule has 0 fully saturated rings. The van der Waals surface area contributed by atoms with Crippen molar-refractivity contribution in [3.05, 3.63) is 58.3 Å². The summed E-state index contributed by atoms with van der Waals surface area (Å²) in [5.74, 6) is -0.242. The molecule has 9 heteroatoms. The highest BCUT2D eigenvalue weighted by atomic mass is 35.5. The molecule has 6 nitrogen and oxygen atoms in total. The fourth-order valence-electron chi connectivity index (χ4n) is 2.22. The molecule has 3 aromatic rings. The Labute approximate surface area is 152 Å². The summed E-state index contributed by atoms with van der Waals surface area (Å²) in [5.41, 5.74) is 7.28. The van der Waals surface area contributed by atoms with Crippen LogP contribution in [0, 0.1) is 5.82 Å². The predicted molar refractivity (Wildman–Crippen MR) is 92.9 cm³/mol. The van der Waals surface area contributed by atoms with Gasteiger partial charge in [-0.05, 0) is 19.1 Å². The SMILES string of the molecule is C[C@@H](Oc1cc(-c2cncnc2)nnc1N)c1c(Cl)ccc(F)c1Cl. The minimum Gasteiger partial charge on any atom is -0.482 e. The number of hydrogen-bond donors (Lipinski definition) is 1. The van der Waals surface area contributed by atoms with Gasteiger partial charge in [0.25, 0.3) is 0 Å². The number of nitrogens with zero attached hydrogens (tertiary/aromatic N) is 4. The second kappa shape index (κ2) is 7.16. The van der Waals surface area contributed by atoms with E-state index in [0.717, 1.165) is 0 Å². The number of nitrogens with two attached hydrogens (primary N) is 1. The fraction of sp³-hybridized carbons (Fsp3) is 0.125. The monoisotopic (exact) mass is 379 g/mol. The number of benzene rings is 1. The Balaban J connectivity index is 1.94. The van der Waals surface area contributed by atoms with Crippen LogP contribution in [0.2, 0.25) is 10.0 Å². The summed E-state index contributed by atoms with van der Waals surface area (Å²) >= 11 is 12.1. The first kappa shape index (κ1) is 17.3. The van der Waals surface area contributed by atoms with Crippen LogP contribution in [0.15, 0.2) is 36.9 Å². The van der Waals surface area contributed by atoms with Gasteiger partial charge in [-0.3, -0.25) is 0 Å². The van der Waals surface area contributed by atoms with Gasteiger partial charge < -0.3 is 10.5 Å². The summed E-state index contributed by atoms with van der Waals surface area (Å²) in [5, 5.41) is 8.05. The third kappa shape index (κ3) is 3.62. The number of hydrogen-bond acceptors (Lipinski definition) is 6. The van der Waals surface area contributed by atoms with Crippen LogP contribution < -0.4 is 10.5 Å². The highest BCUT2D eigenvalue weighted by Gasteiger charge is 2.20. The molecule has 0 aliphatic heterocycles. The van der Waals surface area contributed by atoms with Crippen LogP contribution in [0.4, 0.5) is 10.2 Å². The van der Waals surface area contributed by atoms with E-state index >= 15 is 0 Å². The molecule has 0 spiro atoms. The molecular weight excluding hydrogens is 368 g/mol. The van der Waals surface area contributed by atoms with E-state index < -0.39 is 11.9 Å². The molecule has 0 aliphatic carbocycles. The first-order valence-corrected chi connectivity index (χ1v) is 7.91. The number of anilines is 1. The average molecular weight is 380 g/mol. The number of halogens is 3. The Kier molecular flexibility index (Phi) is 4.96. The number of rotatable bonds is 4. The van der Waals surface area contributed by atoms with Gasteiger partial charge in [-0.25, -0.2) is 14.4 Å². The molecule has 0 radical (unpaired) electrons. The number of aromatic nitrogens is 4. The van der Waals surface area contributed by atoms with Crippen molar-refractivity contribution in [1.82, 2.24) is 20.2 Å². The fourth-order valence-corrected chi connectivity index (χ4v) is 2.89. The van der Waals surface area contributed by atoms with Crippen molar-refractivity contribution in [2.75, 3.05) is 5.73 Å². The van der Waals surface area contributed by atoms with E-state index in [1.807, 2.05) is 0 Å². The lowest BCUT2D eigenvalue weighted by Crippen LogP contribution is -2.09. The summed E-state index contributed by atoms with van der Waals surface area (Å²) < 4.78 is 19.5. The van der Waals surface area contributed by atoms with Crippen LogP contribution in [-0.2, 0) is 0 Å². The van der Waals surface area contributed by atoms with Gasteiger partial charge in [-0.15, -0.1) is 10.2 Å². The van der Waals surface area contributed by atoms with Gasteiger partial charge in [0.1, 0.15) is 18.2 Å². The Morgan fingerprint density at radius 1 is 1.16 bits per heavy atom. The second-order valence-corrected chi connectivity index (χ2v) is 5.91. The van der Waals surface area contributed by atoms with Crippen LogP contribution in [0.1, 0.15) is 18.6 Å². The highest BCUT2D eigenvalue weighted by Crippen LogP contribution is 2.36. The summed E-state index contributed by atoms with van der Waals surface area (Å²) in [4.78, 5) is 7.85. The zero-order valence-corrected chi connectivity index (χ0v) is 14.5. The van der Waals surface area contributed by atoms with E-state index in [-0.39, 0.29) is 21.6 Å². The first-order chi connectivity index (χ1) is 12.0. The van der Waals surface area contributed by atoms with Crippen LogP contribution >= 0.6 is 23.2 Å². The Bertz CT molecular complexity index is 911. The summed E-state index contributed by atoms with van der Waals surface area (Å²) in [6.07, 6.45) is 3.91. The quantitative estimate of drug-likeness (QED) is 0.686. The van der Waals surface area contributed by atoms with E-state index in [1.54, 1.807) is 25.4 Å². The molecule has 2 heterocycles. The molecule has 2 aromatic heterocycles. The normalized spacial score (nSPS) is 12.0. The maximum Gasteiger partial charge on any atom is 0.188 e. The van der Waals surface area contributed by atoms with Crippen molar-refractivity contribution < 1.29 is 9.13 Å². The van der Waals surface area contributed by atoms with Crippen molar-refractivity contribution in [2.24, 2.45) is 0 Å². The Morgan fingerprint density at radius 3 is 2.60 bits per heavy atom. The largest absolute Gasteiger partial charge is 0.482 e. The third-order valence-electron chi connectivity index (χ3n) is 3.43. The van der Waals surface area contributed by atoms with Gasteiger partial charge in [0.05, 0.1) is 10.7 Å². The van der Waals surface area contributed by atoms with E-state index in [2.05, 4.69) is 20.2 Å². The lowest BCUT2D eigenvalue weighted by molar-refractivity contribution is 0.227. The van der Waals surface area contributed by atoms with Gasteiger partial charge >= 0.3 is 0 Å². The maximum atomic E-state index is 13.7. The van der Waals surface area contributed by atoms with Crippen molar-refractivity contribution >= 4 is 29.0 Å². The lowest BCUT2D eigenvalue weighted by atomic mass is 10.1. The lowest BCUT2D eigenvalue weighted by Gasteiger charge is -2.19. The predicted octanol–water partition coefficient (Wildman–Crippen LogP) is 4.10. The molecule has 0 bridgehead atoms. The molecule has 2 N–H and O–H groups in total. The van der Waals surface area contributed by atoms with Crippen LogP contribution in [0.3, 0.4) is 0 Å². The molecular formula is C16H12Cl2FN5O. The summed E-state index contributed by atoms with van der Waals surface area (Å²) in [7, 11) is 0. The van der Waals surface area contributed by atoms with Crippen molar-refractivity contribution in [3.63, 3.8) is 0 Å². The summed E-state index contributed by atoms with van der Waals surface area (Å²) in [6, 6.07) is 4.20. The Morgan fingerprint density at radius 2 is 1.88 bits per heavy atom. The van der Waals surface area contributed by atoms with Crippen molar-refractivity contribution in [3.8, 4) is 17.0 Å². The minimum atomic E-state index is -0.665. The van der Waals surface area contributed by atoms with Crippen LogP contribution in [0.25, 0.3) is 11.3 Å². The maximum absolute atomic E-state index is 13.7. The van der Waals surface area contributed by atoms with E-state index in [1.165, 1.54) is 18.5 Å². The Hall–Kier alpha value is -2.51. The number of nitrogen functional groups attached to an aromatic ring is 1. The molecule has 1 aromatic carbocycles. The molecule has 0 saturated heterocycles. The molecule has 0 saturated carbocycles. The molecule has 1 atom stereocenters. The molecule has 3 rings (SSSR count). The molecule has 0 aliphatic rings. The first-order valence-electron chi connectivity index (χ1n) is 7.16. The second-order valence-electron chi connectivity index (χ2n) is 5.12. The topological polar surface area (TPSA) is 86.8 Å². The molecule has 0 amide bonds. The average Bonchev–Trinajstić information content (AvgIpc) is 2.61. The number of ether oxygens (including phenoxy) is 1. The van der Waals surface area contributed by atoms with E-state index in [0.29, 0.717) is 16.8 Å². The van der Waals surface area contributed by atoms with E-state index in [4.69, 9.17) is 33.7 Å². The standard InChI is InChI=1S/C16H12Cl2FN5O/c1-8(14-10(17)2-3-11(19)15(14)18)25-13-4-12(23-24-16(13)20)9-5-21-7-22-6-9/h2-8H,1H3,(H2,20,24)/t8-/m1/s1. The highest BCUT2D eigenvalue weighted by molar-refractivity contribution is 6.36. The van der Waals surface area contributed by atoms with Gasteiger partial charge in [0.2, 0.25) is 0 Å². The van der Waals surface area contributed by atoms with E-state index in [9.17, 15) is 4.39 Å². The van der Waals surface area contributed by atoms with Gasteiger partial charge in [0.15, 0.2) is 11.6 Å². The van der Waals surface area contributed by atoms with Gasteiger partial charge in [-0.2, -0.15) is 0 Å². The van der Waals surface area contributed by atoms with Crippen molar-refractivity contribution in [2.45, 2.75) is 13.0 Å². The molecule has 128 valence electrons. The van der Waals surface area contributed by atoms with Gasteiger partial charge in [-0.1, -0.05) is 23.2 Å². The molecule has 0 unspecified atom stereocenters. The molecule has 25 heavy (non-hydrogen) atoms. The minimum absolute atomic E-state index is 0.0797. The summed E-state index contributed by atoms with van der Waals surface area (Å²) in [6.45, 7) is 1.68. The zero-order valence-electron chi connectivity index (χ0n) is 12.9. The third-order valence-corrected chi connectivity index (χ3v) is 4.15. The van der Waals surface area contributed by atoms with Crippen LogP contribution in [0.5, 0.6) is 5.75 Å². The smallest absolute Gasteiger partial charge is 0.188 e. The van der Waals surface area contributed by atoms with Gasteiger partial charge in [0, 0.05) is 34.6 Å². The zero-order chi connectivity index (χ0) is 18.0.